The summed E-state index contributed by atoms with van der Waals surface area (Å²) >= 11 is 0. The predicted octanol–water partition coefficient (Wildman–Crippen LogP) is 4.59. The van der Waals surface area contributed by atoms with Gasteiger partial charge >= 0.3 is 0 Å². The molecule has 3 aromatic rings. The lowest BCUT2D eigenvalue weighted by atomic mass is 10.1. The molecular weight excluding hydrogens is 366 g/mol. The van der Waals surface area contributed by atoms with Gasteiger partial charge in [0.15, 0.2) is 11.5 Å². The Bertz CT molecular complexity index is 1040. The van der Waals surface area contributed by atoms with E-state index >= 15 is 0 Å². The number of likely N-dealkylation sites (tertiary alicyclic amines) is 1. The van der Waals surface area contributed by atoms with Crippen LogP contribution in [0.2, 0.25) is 0 Å². The molecule has 1 unspecified atom stereocenters. The maximum absolute atomic E-state index is 13.4. The van der Waals surface area contributed by atoms with Gasteiger partial charge in [-0.25, -0.2) is 4.98 Å². The molecule has 1 N–H and O–H groups in total. The second-order valence-electron chi connectivity index (χ2n) is 7.10. The fraction of sp³-hybridized carbons (Fsp3) is 0.304. The van der Waals surface area contributed by atoms with Gasteiger partial charge in [0.25, 0.3) is 5.91 Å². The maximum Gasteiger partial charge on any atom is 0.254 e. The zero-order chi connectivity index (χ0) is 20.4. The zero-order valence-electron chi connectivity index (χ0n) is 16.9. The van der Waals surface area contributed by atoms with Gasteiger partial charge in [-0.1, -0.05) is 24.3 Å². The molecule has 2 heterocycles. The van der Waals surface area contributed by atoms with Crippen molar-refractivity contribution < 1.29 is 14.3 Å². The van der Waals surface area contributed by atoms with E-state index in [0.717, 1.165) is 35.3 Å². The third-order valence-corrected chi connectivity index (χ3v) is 5.34. The molecule has 1 aliphatic rings. The standard InChI is InChI=1S/C23H25N3O3/c1-4-8-15-13-16(14-20(28-2)21(15)29-3)23(27)26-12-7-11-19(26)22-24-17-9-5-6-10-18(17)25-22/h4-6,8-10,13-14,19H,7,11-12H2,1-3H3,(H,24,25)/b8-4+. The lowest BCUT2D eigenvalue weighted by molar-refractivity contribution is 0.0730. The summed E-state index contributed by atoms with van der Waals surface area (Å²) in [5.74, 6) is 1.98. The first-order valence-corrected chi connectivity index (χ1v) is 9.80. The number of rotatable bonds is 5. The first-order chi connectivity index (χ1) is 14.2. The number of methoxy groups -OCH3 is 2. The van der Waals surface area contributed by atoms with Crippen molar-refractivity contribution in [3.05, 3.63) is 59.4 Å². The van der Waals surface area contributed by atoms with E-state index in [4.69, 9.17) is 14.5 Å². The molecule has 29 heavy (non-hydrogen) atoms. The average Bonchev–Trinajstić information content (AvgIpc) is 3.39. The summed E-state index contributed by atoms with van der Waals surface area (Å²) in [6, 6.07) is 11.5. The van der Waals surface area contributed by atoms with Crippen molar-refractivity contribution >= 4 is 23.0 Å². The molecule has 6 nitrogen and oxygen atoms in total. The number of imidazole rings is 1. The van der Waals surface area contributed by atoms with E-state index < -0.39 is 0 Å². The average molecular weight is 391 g/mol. The molecule has 1 saturated heterocycles. The summed E-state index contributed by atoms with van der Waals surface area (Å²) in [7, 11) is 3.18. The molecule has 4 rings (SSSR count). The molecule has 0 radical (unpaired) electrons. The van der Waals surface area contributed by atoms with Crippen LogP contribution in [-0.2, 0) is 0 Å². The van der Waals surface area contributed by atoms with Crippen molar-refractivity contribution in [3.63, 3.8) is 0 Å². The number of carbonyl (C=O) groups excluding carboxylic acids is 1. The lowest BCUT2D eigenvalue weighted by Crippen LogP contribution is -2.31. The number of hydrogen-bond donors (Lipinski definition) is 1. The van der Waals surface area contributed by atoms with Crippen LogP contribution in [0.1, 0.15) is 47.6 Å². The maximum atomic E-state index is 13.4. The summed E-state index contributed by atoms with van der Waals surface area (Å²) in [4.78, 5) is 23.4. The number of para-hydroxylation sites is 2. The molecule has 0 spiro atoms. The number of benzene rings is 2. The largest absolute Gasteiger partial charge is 0.493 e. The predicted molar refractivity (Wildman–Crippen MR) is 113 cm³/mol. The molecule has 0 aliphatic carbocycles. The van der Waals surface area contributed by atoms with Gasteiger partial charge in [-0.05, 0) is 44.0 Å². The lowest BCUT2D eigenvalue weighted by Gasteiger charge is -2.24. The first kappa shape index (κ1) is 19.1. The highest BCUT2D eigenvalue weighted by atomic mass is 16.5. The van der Waals surface area contributed by atoms with Crippen LogP contribution in [0.15, 0.2) is 42.5 Å². The van der Waals surface area contributed by atoms with Crippen LogP contribution < -0.4 is 9.47 Å². The fourth-order valence-corrected chi connectivity index (χ4v) is 4.01. The SMILES string of the molecule is C/C=C/c1cc(C(=O)N2CCCC2c2nc3ccccc3[nH]2)cc(OC)c1OC. The molecule has 1 aliphatic heterocycles. The molecule has 0 saturated carbocycles. The van der Waals surface area contributed by atoms with E-state index in [1.54, 1.807) is 20.3 Å². The zero-order valence-corrected chi connectivity index (χ0v) is 16.9. The number of aromatic nitrogens is 2. The third-order valence-electron chi connectivity index (χ3n) is 5.34. The number of H-pyrrole nitrogens is 1. The van der Waals surface area contributed by atoms with E-state index in [2.05, 4.69) is 4.98 Å². The third kappa shape index (κ3) is 3.46. The molecule has 150 valence electrons. The summed E-state index contributed by atoms with van der Waals surface area (Å²) in [5, 5.41) is 0. The number of nitrogens with one attached hydrogen (secondary N) is 1. The van der Waals surface area contributed by atoms with Crippen LogP contribution in [0.25, 0.3) is 17.1 Å². The van der Waals surface area contributed by atoms with Crippen LogP contribution >= 0.6 is 0 Å². The topological polar surface area (TPSA) is 67.5 Å². The molecule has 1 atom stereocenters. The van der Waals surface area contributed by atoms with E-state index in [9.17, 15) is 4.79 Å². The van der Waals surface area contributed by atoms with Crippen LogP contribution in [0, 0.1) is 0 Å². The Kier molecular flexibility index (Phi) is 5.25. The van der Waals surface area contributed by atoms with E-state index in [1.165, 1.54) is 0 Å². The van der Waals surface area contributed by atoms with E-state index in [1.807, 2.05) is 54.3 Å². The highest BCUT2D eigenvalue weighted by molar-refractivity contribution is 5.96. The van der Waals surface area contributed by atoms with Gasteiger partial charge in [0.2, 0.25) is 0 Å². The second kappa shape index (κ2) is 7.99. The van der Waals surface area contributed by atoms with Crippen molar-refractivity contribution in [1.82, 2.24) is 14.9 Å². The Morgan fingerprint density at radius 2 is 2.07 bits per heavy atom. The van der Waals surface area contributed by atoms with Crippen molar-refractivity contribution in [2.45, 2.75) is 25.8 Å². The Morgan fingerprint density at radius 1 is 1.24 bits per heavy atom. The molecule has 2 aromatic carbocycles. The van der Waals surface area contributed by atoms with Crippen molar-refractivity contribution in [2.75, 3.05) is 20.8 Å². The Balaban J connectivity index is 1.70. The molecule has 1 fully saturated rings. The van der Waals surface area contributed by atoms with Crippen LogP contribution in [0.5, 0.6) is 11.5 Å². The number of carbonyl (C=O) groups is 1. The highest BCUT2D eigenvalue weighted by Crippen LogP contribution is 2.37. The molecule has 0 bridgehead atoms. The number of ether oxygens (including phenoxy) is 2. The number of nitrogens with zero attached hydrogens (tertiary/aromatic N) is 2. The van der Waals surface area contributed by atoms with Crippen molar-refractivity contribution in [1.29, 1.82) is 0 Å². The first-order valence-electron chi connectivity index (χ1n) is 9.80. The normalized spacial score (nSPS) is 16.7. The Hall–Kier alpha value is -3.28. The minimum absolute atomic E-state index is 0.0281. The minimum Gasteiger partial charge on any atom is -0.493 e. The van der Waals surface area contributed by atoms with Gasteiger partial charge < -0.3 is 19.4 Å². The Labute approximate surface area is 170 Å². The Morgan fingerprint density at radius 3 is 2.79 bits per heavy atom. The van der Waals surface area contributed by atoms with E-state index in [-0.39, 0.29) is 11.9 Å². The number of aromatic amines is 1. The number of amides is 1. The minimum atomic E-state index is -0.0619. The summed E-state index contributed by atoms with van der Waals surface area (Å²) < 4.78 is 11.0. The van der Waals surface area contributed by atoms with Gasteiger partial charge in [0.1, 0.15) is 5.82 Å². The van der Waals surface area contributed by atoms with Gasteiger partial charge in [-0.2, -0.15) is 0 Å². The van der Waals surface area contributed by atoms with Crippen LogP contribution in [-0.4, -0.2) is 41.5 Å². The van der Waals surface area contributed by atoms with Crippen molar-refractivity contribution in [2.24, 2.45) is 0 Å². The molecule has 1 aromatic heterocycles. The molecule has 6 heteroatoms. The molecular formula is C23H25N3O3. The van der Waals surface area contributed by atoms with Gasteiger partial charge in [-0.15, -0.1) is 0 Å². The fourth-order valence-electron chi connectivity index (χ4n) is 4.01. The monoisotopic (exact) mass is 391 g/mol. The summed E-state index contributed by atoms with van der Waals surface area (Å²) in [6.07, 6.45) is 5.67. The summed E-state index contributed by atoms with van der Waals surface area (Å²) in [5.41, 5.74) is 3.31. The number of fused-ring (bicyclic) bond motifs is 1. The number of hydrogen-bond acceptors (Lipinski definition) is 4. The van der Waals surface area contributed by atoms with Gasteiger partial charge in [-0.3, -0.25) is 4.79 Å². The number of allylic oxidation sites excluding steroid dienone is 1. The smallest absolute Gasteiger partial charge is 0.254 e. The van der Waals surface area contributed by atoms with Crippen LogP contribution in [0.3, 0.4) is 0 Å². The van der Waals surface area contributed by atoms with E-state index in [0.29, 0.717) is 23.6 Å². The summed E-state index contributed by atoms with van der Waals surface area (Å²) in [6.45, 7) is 2.63. The quantitative estimate of drug-likeness (QED) is 0.691. The highest BCUT2D eigenvalue weighted by Gasteiger charge is 2.33. The second-order valence-corrected chi connectivity index (χ2v) is 7.10. The van der Waals surface area contributed by atoms with Crippen molar-refractivity contribution in [3.8, 4) is 11.5 Å². The van der Waals surface area contributed by atoms with Crippen LogP contribution in [0.4, 0.5) is 0 Å². The van der Waals surface area contributed by atoms with Gasteiger partial charge in [0.05, 0.1) is 31.3 Å². The van der Waals surface area contributed by atoms with Gasteiger partial charge in [0, 0.05) is 17.7 Å². The molecule has 1 amide bonds.